The lowest BCUT2D eigenvalue weighted by Gasteiger charge is -2.21. The van der Waals surface area contributed by atoms with E-state index in [4.69, 9.17) is 11.6 Å². The summed E-state index contributed by atoms with van der Waals surface area (Å²) in [5.41, 5.74) is 1.70. The molecule has 8 heteroatoms. The van der Waals surface area contributed by atoms with Crippen LogP contribution < -0.4 is 16.0 Å². The number of amides is 1. The Morgan fingerprint density at radius 2 is 1.93 bits per heavy atom. The summed E-state index contributed by atoms with van der Waals surface area (Å²) in [6.45, 7) is 15.1. The van der Waals surface area contributed by atoms with Crippen LogP contribution in [0.2, 0.25) is 5.02 Å². The number of hydrogen-bond donors (Lipinski definition) is 3. The van der Waals surface area contributed by atoms with Crippen molar-refractivity contribution < 1.29 is 4.79 Å². The van der Waals surface area contributed by atoms with Crippen LogP contribution in [-0.2, 0) is 4.79 Å². The van der Waals surface area contributed by atoms with Gasteiger partial charge in [-0.2, -0.15) is 0 Å². The van der Waals surface area contributed by atoms with Crippen molar-refractivity contribution in [3.8, 4) is 0 Å². The van der Waals surface area contributed by atoms with Gasteiger partial charge in [0.2, 0.25) is 5.91 Å². The third kappa shape index (κ3) is 12.0. The number of guanidine groups is 1. The van der Waals surface area contributed by atoms with Gasteiger partial charge in [0, 0.05) is 19.0 Å². The molecule has 0 spiro atoms. The van der Waals surface area contributed by atoms with Gasteiger partial charge in [-0.3, -0.25) is 9.79 Å². The van der Waals surface area contributed by atoms with E-state index in [1.54, 1.807) is 0 Å². The highest BCUT2D eigenvalue weighted by molar-refractivity contribution is 14.0. The minimum atomic E-state index is -0.0948. The number of anilines is 1. The van der Waals surface area contributed by atoms with Crippen molar-refractivity contribution >= 4 is 53.1 Å². The van der Waals surface area contributed by atoms with Gasteiger partial charge in [0.15, 0.2) is 5.96 Å². The Morgan fingerprint density at radius 3 is 2.53 bits per heavy atom. The third-order valence-corrected chi connectivity index (χ3v) is 5.05. The van der Waals surface area contributed by atoms with Crippen LogP contribution in [0, 0.1) is 6.92 Å². The monoisotopic (exact) mass is 551 g/mol. The van der Waals surface area contributed by atoms with E-state index in [0.29, 0.717) is 29.7 Å². The van der Waals surface area contributed by atoms with E-state index in [9.17, 15) is 4.79 Å². The Hall–Kier alpha value is -1.06. The van der Waals surface area contributed by atoms with Crippen molar-refractivity contribution in [2.75, 3.05) is 38.0 Å². The first-order chi connectivity index (χ1) is 13.9. The van der Waals surface area contributed by atoms with Crippen molar-refractivity contribution in [3.05, 3.63) is 28.8 Å². The van der Waals surface area contributed by atoms with Gasteiger partial charge in [-0.05, 0) is 70.9 Å². The number of carbonyl (C=O) groups excluding carboxylic acids is 1. The Labute approximate surface area is 204 Å². The van der Waals surface area contributed by atoms with Crippen LogP contribution in [0.4, 0.5) is 5.69 Å². The summed E-state index contributed by atoms with van der Waals surface area (Å²) in [5.74, 6) is 0.659. The van der Waals surface area contributed by atoms with Gasteiger partial charge in [0.1, 0.15) is 0 Å². The van der Waals surface area contributed by atoms with Crippen molar-refractivity contribution in [3.63, 3.8) is 0 Å². The molecular weight excluding hydrogens is 513 g/mol. The molecule has 0 radical (unpaired) electrons. The van der Waals surface area contributed by atoms with E-state index in [2.05, 4.69) is 46.6 Å². The fraction of sp³-hybridized carbons (Fsp3) is 0.636. The number of nitrogens with one attached hydrogen (secondary N) is 3. The highest BCUT2D eigenvalue weighted by Crippen LogP contribution is 2.22. The van der Waals surface area contributed by atoms with E-state index < -0.39 is 0 Å². The predicted molar refractivity (Wildman–Crippen MR) is 140 cm³/mol. The molecule has 1 amide bonds. The van der Waals surface area contributed by atoms with Crippen LogP contribution in [0.5, 0.6) is 0 Å². The molecule has 0 aliphatic carbocycles. The van der Waals surface area contributed by atoms with Crippen LogP contribution in [0.25, 0.3) is 0 Å². The smallest absolute Gasteiger partial charge is 0.226 e. The van der Waals surface area contributed by atoms with E-state index in [1.165, 1.54) is 0 Å². The molecule has 1 aromatic carbocycles. The molecule has 3 N–H and O–H groups in total. The standard InChI is InChI=1S/C22H38ClN5O.HI/c1-6-24-22(26-18(5)10-9-15-28(7-2)8-3)25-14-13-21(29)27-20-12-11-17(4)16-19(20)23;/h11-12,16,18H,6-10,13-15H2,1-5H3,(H,27,29)(H2,24,25,26);1H. The highest BCUT2D eigenvalue weighted by Gasteiger charge is 2.08. The molecule has 0 aromatic heterocycles. The molecule has 0 saturated heterocycles. The van der Waals surface area contributed by atoms with Gasteiger partial charge in [-0.25, -0.2) is 0 Å². The second-order valence-electron chi connectivity index (χ2n) is 7.26. The molecule has 1 aromatic rings. The van der Waals surface area contributed by atoms with E-state index in [0.717, 1.165) is 50.5 Å². The van der Waals surface area contributed by atoms with E-state index in [1.807, 2.05) is 32.0 Å². The summed E-state index contributed by atoms with van der Waals surface area (Å²) in [4.78, 5) is 19.2. The molecule has 1 rings (SSSR count). The van der Waals surface area contributed by atoms with Crippen molar-refractivity contribution in [1.82, 2.24) is 15.5 Å². The molecule has 172 valence electrons. The zero-order valence-corrected chi connectivity index (χ0v) is 22.1. The summed E-state index contributed by atoms with van der Waals surface area (Å²) in [5, 5.41) is 10.1. The second-order valence-corrected chi connectivity index (χ2v) is 7.66. The summed E-state index contributed by atoms with van der Waals surface area (Å²) in [6, 6.07) is 5.91. The third-order valence-electron chi connectivity index (χ3n) is 4.74. The molecule has 0 heterocycles. The normalized spacial score (nSPS) is 12.3. The Balaban J connectivity index is 0.00000841. The van der Waals surface area contributed by atoms with Crippen molar-refractivity contribution in [2.45, 2.75) is 59.9 Å². The number of benzene rings is 1. The highest BCUT2D eigenvalue weighted by atomic mass is 127. The minimum absolute atomic E-state index is 0. The van der Waals surface area contributed by atoms with Gasteiger partial charge in [-0.15, -0.1) is 24.0 Å². The summed E-state index contributed by atoms with van der Waals surface area (Å²) < 4.78 is 0. The lowest BCUT2D eigenvalue weighted by Crippen LogP contribution is -2.42. The van der Waals surface area contributed by atoms with Gasteiger partial charge in [-0.1, -0.05) is 31.5 Å². The molecule has 0 aliphatic heterocycles. The molecule has 0 bridgehead atoms. The van der Waals surface area contributed by atoms with Crippen LogP contribution >= 0.6 is 35.6 Å². The SMILES string of the molecule is CCNC(=NCCC(=O)Nc1ccc(C)cc1Cl)NC(C)CCCN(CC)CC.I. The average Bonchev–Trinajstić information content (AvgIpc) is 2.67. The maximum atomic E-state index is 12.2. The number of rotatable bonds is 12. The molecule has 1 atom stereocenters. The van der Waals surface area contributed by atoms with E-state index in [-0.39, 0.29) is 29.9 Å². The van der Waals surface area contributed by atoms with Gasteiger partial charge >= 0.3 is 0 Å². The first kappa shape index (κ1) is 28.9. The zero-order chi connectivity index (χ0) is 21.6. The van der Waals surface area contributed by atoms with Crippen LogP contribution in [0.3, 0.4) is 0 Å². The predicted octanol–water partition coefficient (Wildman–Crippen LogP) is 4.66. The maximum absolute atomic E-state index is 12.2. The quantitative estimate of drug-likeness (QED) is 0.201. The molecule has 6 nitrogen and oxygen atoms in total. The molecule has 0 fully saturated rings. The zero-order valence-electron chi connectivity index (χ0n) is 19.1. The van der Waals surface area contributed by atoms with Gasteiger partial charge in [0.25, 0.3) is 0 Å². The topological polar surface area (TPSA) is 68.8 Å². The fourth-order valence-corrected chi connectivity index (χ4v) is 3.27. The molecule has 30 heavy (non-hydrogen) atoms. The Morgan fingerprint density at radius 1 is 1.23 bits per heavy atom. The summed E-state index contributed by atoms with van der Waals surface area (Å²) in [7, 11) is 0. The summed E-state index contributed by atoms with van der Waals surface area (Å²) >= 11 is 6.17. The molecule has 0 saturated carbocycles. The number of nitrogens with zero attached hydrogens (tertiary/aromatic N) is 2. The van der Waals surface area contributed by atoms with Crippen LogP contribution in [0.1, 0.15) is 52.5 Å². The van der Waals surface area contributed by atoms with Crippen LogP contribution in [0.15, 0.2) is 23.2 Å². The average molecular weight is 552 g/mol. The number of hydrogen-bond acceptors (Lipinski definition) is 3. The maximum Gasteiger partial charge on any atom is 0.226 e. The first-order valence-corrected chi connectivity index (χ1v) is 11.1. The number of aryl methyl sites for hydroxylation is 1. The van der Waals surface area contributed by atoms with Gasteiger partial charge < -0.3 is 20.9 Å². The fourth-order valence-electron chi connectivity index (χ4n) is 2.99. The Bertz CT molecular complexity index is 652. The number of aliphatic imine (C=N–C) groups is 1. The second kappa shape index (κ2) is 16.6. The molecule has 0 aliphatic rings. The van der Waals surface area contributed by atoms with Crippen LogP contribution in [-0.4, -0.2) is 55.5 Å². The van der Waals surface area contributed by atoms with E-state index >= 15 is 0 Å². The molecule has 1 unspecified atom stereocenters. The first-order valence-electron chi connectivity index (χ1n) is 10.7. The van der Waals surface area contributed by atoms with Crippen molar-refractivity contribution in [1.29, 1.82) is 0 Å². The number of carbonyl (C=O) groups is 1. The largest absolute Gasteiger partial charge is 0.357 e. The minimum Gasteiger partial charge on any atom is -0.357 e. The number of halogens is 2. The molecular formula is C22H39ClIN5O. The lowest BCUT2D eigenvalue weighted by atomic mass is 10.2. The Kier molecular flexibility index (Phi) is 16.0. The summed E-state index contributed by atoms with van der Waals surface area (Å²) in [6.07, 6.45) is 2.53. The van der Waals surface area contributed by atoms with Gasteiger partial charge in [0.05, 0.1) is 17.3 Å². The lowest BCUT2D eigenvalue weighted by molar-refractivity contribution is -0.116. The van der Waals surface area contributed by atoms with Crippen molar-refractivity contribution in [2.24, 2.45) is 4.99 Å².